The van der Waals surface area contributed by atoms with E-state index in [2.05, 4.69) is 10.4 Å². The lowest BCUT2D eigenvalue weighted by Gasteiger charge is -2.17. The first kappa shape index (κ1) is 25.6. The van der Waals surface area contributed by atoms with Gasteiger partial charge in [0.1, 0.15) is 5.56 Å². The first-order valence-electron chi connectivity index (χ1n) is 10.6. The Bertz CT molecular complexity index is 1210. The van der Waals surface area contributed by atoms with Gasteiger partial charge in [-0.1, -0.05) is 6.07 Å². The lowest BCUT2D eigenvalue weighted by molar-refractivity contribution is -0.143. The Hall–Kier alpha value is -4.02. The fourth-order valence-corrected chi connectivity index (χ4v) is 3.41. The second-order valence-electron chi connectivity index (χ2n) is 7.39. The second-order valence-corrected chi connectivity index (χ2v) is 7.39. The van der Waals surface area contributed by atoms with Crippen molar-refractivity contribution in [1.29, 1.82) is 0 Å². The maximum absolute atomic E-state index is 13.7. The molecule has 0 bridgehead atoms. The van der Waals surface area contributed by atoms with Gasteiger partial charge in [-0.2, -0.15) is 18.3 Å². The highest BCUT2D eigenvalue weighted by atomic mass is 19.4. The van der Waals surface area contributed by atoms with E-state index < -0.39 is 35.4 Å². The van der Waals surface area contributed by atoms with Gasteiger partial charge in [0.2, 0.25) is 0 Å². The Morgan fingerprint density at radius 2 is 1.71 bits per heavy atom. The number of carbonyl (C=O) groups is 2. The summed E-state index contributed by atoms with van der Waals surface area (Å²) in [5.41, 5.74) is -0.921. The monoisotopic (exact) mass is 491 g/mol. The first-order chi connectivity index (χ1) is 16.6. The van der Waals surface area contributed by atoms with Gasteiger partial charge in [0.15, 0.2) is 17.2 Å². The number of rotatable bonds is 8. The van der Waals surface area contributed by atoms with Crippen LogP contribution in [0.3, 0.4) is 0 Å². The molecule has 2 aromatic carbocycles. The average Bonchev–Trinajstić information content (AvgIpc) is 3.30. The van der Waals surface area contributed by atoms with Crippen LogP contribution in [0.4, 0.5) is 13.2 Å². The van der Waals surface area contributed by atoms with Crippen molar-refractivity contribution < 1.29 is 37.0 Å². The summed E-state index contributed by atoms with van der Waals surface area (Å²) in [4.78, 5) is 24.7. The van der Waals surface area contributed by atoms with Crippen LogP contribution >= 0.6 is 0 Å². The largest absolute Gasteiger partial charge is 0.493 e. The fraction of sp³-hybridized carbons (Fsp3) is 0.292. The Balaban J connectivity index is 1.82. The van der Waals surface area contributed by atoms with Crippen LogP contribution in [-0.4, -0.2) is 42.5 Å². The first-order valence-corrected chi connectivity index (χ1v) is 10.6. The van der Waals surface area contributed by atoms with Crippen molar-refractivity contribution in [1.82, 2.24) is 15.1 Å². The number of hydrogen-bond acceptors (Lipinski definition) is 6. The minimum atomic E-state index is -4.86. The summed E-state index contributed by atoms with van der Waals surface area (Å²) in [7, 11) is 3.02. The molecule has 1 amide bonds. The van der Waals surface area contributed by atoms with Crippen LogP contribution in [0, 0.1) is 0 Å². The predicted molar refractivity (Wildman–Crippen MR) is 120 cm³/mol. The quantitative estimate of drug-likeness (QED) is 0.464. The summed E-state index contributed by atoms with van der Waals surface area (Å²) in [6, 6.07) is 10.2. The van der Waals surface area contributed by atoms with Gasteiger partial charge in [-0.05, 0) is 55.8 Å². The van der Waals surface area contributed by atoms with E-state index in [-0.39, 0.29) is 17.9 Å². The molecule has 1 heterocycles. The van der Waals surface area contributed by atoms with Crippen molar-refractivity contribution in [3.05, 3.63) is 71.0 Å². The number of methoxy groups -OCH3 is 2. The predicted octanol–water partition coefficient (Wildman–Crippen LogP) is 4.58. The highest BCUT2D eigenvalue weighted by Crippen LogP contribution is 2.34. The summed E-state index contributed by atoms with van der Waals surface area (Å²) in [5, 5.41) is 6.55. The highest BCUT2D eigenvalue weighted by Gasteiger charge is 2.41. The van der Waals surface area contributed by atoms with Crippen molar-refractivity contribution in [3.8, 4) is 17.2 Å². The maximum atomic E-state index is 13.7. The zero-order chi connectivity index (χ0) is 25.8. The summed E-state index contributed by atoms with van der Waals surface area (Å²) in [6.45, 7) is 3.20. The van der Waals surface area contributed by atoms with E-state index >= 15 is 0 Å². The van der Waals surface area contributed by atoms with Crippen molar-refractivity contribution in [3.63, 3.8) is 0 Å². The SMILES string of the molecule is CCOC(=O)c1cnn(-c2ccc(C(=O)NC(C)c3ccc(OC)c(OC)c3)cc2)c1C(F)(F)F. The van der Waals surface area contributed by atoms with Gasteiger partial charge in [-0.15, -0.1) is 0 Å². The molecule has 0 saturated carbocycles. The van der Waals surface area contributed by atoms with Crippen LogP contribution in [0.2, 0.25) is 0 Å². The number of aromatic nitrogens is 2. The van der Waals surface area contributed by atoms with Gasteiger partial charge in [0.05, 0.1) is 38.8 Å². The van der Waals surface area contributed by atoms with E-state index in [0.29, 0.717) is 16.2 Å². The molecule has 0 spiro atoms. The Morgan fingerprint density at radius 1 is 1.06 bits per heavy atom. The molecule has 35 heavy (non-hydrogen) atoms. The molecule has 1 N–H and O–H groups in total. The molecule has 0 aliphatic heterocycles. The summed E-state index contributed by atoms with van der Waals surface area (Å²) < 4.78 is 56.9. The molecule has 1 atom stereocenters. The lowest BCUT2D eigenvalue weighted by atomic mass is 10.1. The number of carbonyl (C=O) groups excluding carboxylic acids is 2. The van der Waals surface area contributed by atoms with Gasteiger partial charge in [0.25, 0.3) is 5.91 Å². The Morgan fingerprint density at radius 3 is 2.29 bits per heavy atom. The lowest BCUT2D eigenvalue weighted by Crippen LogP contribution is -2.26. The summed E-state index contributed by atoms with van der Waals surface area (Å²) >= 11 is 0. The molecular weight excluding hydrogens is 467 g/mol. The molecular formula is C24H24F3N3O5. The third-order valence-electron chi connectivity index (χ3n) is 5.16. The average molecular weight is 491 g/mol. The van der Waals surface area contributed by atoms with Crippen LogP contribution in [0.1, 0.15) is 51.9 Å². The van der Waals surface area contributed by atoms with Crippen LogP contribution in [0.25, 0.3) is 5.69 Å². The van der Waals surface area contributed by atoms with E-state index in [9.17, 15) is 22.8 Å². The number of alkyl halides is 3. The molecule has 0 saturated heterocycles. The number of amides is 1. The zero-order valence-corrected chi connectivity index (χ0v) is 19.5. The molecule has 0 fully saturated rings. The van der Waals surface area contributed by atoms with E-state index in [1.165, 1.54) is 45.4 Å². The minimum absolute atomic E-state index is 0.0253. The normalized spacial score (nSPS) is 12.1. The van der Waals surface area contributed by atoms with E-state index in [0.717, 1.165) is 11.8 Å². The molecule has 0 aliphatic rings. The number of nitrogens with one attached hydrogen (secondary N) is 1. The van der Waals surface area contributed by atoms with Crippen LogP contribution in [-0.2, 0) is 10.9 Å². The van der Waals surface area contributed by atoms with Gasteiger partial charge in [-0.25, -0.2) is 9.48 Å². The van der Waals surface area contributed by atoms with E-state index in [4.69, 9.17) is 14.2 Å². The second kappa shape index (κ2) is 10.5. The molecule has 3 rings (SSSR count). The third-order valence-corrected chi connectivity index (χ3v) is 5.16. The number of hydrogen-bond donors (Lipinski definition) is 1. The standard InChI is InChI=1S/C24H24F3N3O5/c1-5-35-23(32)18-13-28-30(21(18)24(25,26)27)17-9-6-15(7-10-17)22(31)29-14(2)16-8-11-19(33-3)20(12-16)34-4/h6-14H,5H2,1-4H3,(H,29,31). The van der Waals surface area contributed by atoms with E-state index in [1.807, 2.05) is 0 Å². The topological polar surface area (TPSA) is 91.7 Å². The molecule has 1 unspecified atom stereocenters. The third kappa shape index (κ3) is 5.56. The van der Waals surface area contributed by atoms with Gasteiger partial charge < -0.3 is 19.5 Å². The Kier molecular flexibility index (Phi) is 7.68. The molecule has 3 aromatic rings. The molecule has 8 nitrogen and oxygen atoms in total. The molecule has 0 aliphatic carbocycles. The van der Waals surface area contributed by atoms with Crippen molar-refractivity contribution in [2.45, 2.75) is 26.1 Å². The molecule has 11 heteroatoms. The number of nitrogens with zero attached hydrogens (tertiary/aromatic N) is 2. The minimum Gasteiger partial charge on any atom is -0.493 e. The molecule has 0 radical (unpaired) electrons. The molecule has 1 aromatic heterocycles. The number of halogens is 3. The van der Waals surface area contributed by atoms with Crippen molar-refractivity contribution in [2.24, 2.45) is 0 Å². The maximum Gasteiger partial charge on any atom is 0.434 e. The van der Waals surface area contributed by atoms with Crippen molar-refractivity contribution in [2.75, 3.05) is 20.8 Å². The number of esters is 1. The van der Waals surface area contributed by atoms with Gasteiger partial charge in [0, 0.05) is 5.56 Å². The van der Waals surface area contributed by atoms with Crippen LogP contribution in [0.15, 0.2) is 48.7 Å². The fourth-order valence-electron chi connectivity index (χ4n) is 3.41. The molecule has 186 valence electrons. The number of ether oxygens (including phenoxy) is 3. The highest BCUT2D eigenvalue weighted by molar-refractivity contribution is 5.94. The summed E-state index contributed by atoms with van der Waals surface area (Å²) in [5.74, 6) is -0.487. The number of benzene rings is 2. The smallest absolute Gasteiger partial charge is 0.434 e. The summed E-state index contributed by atoms with van der Waals surface area (Å²) in [6.07, 6.45) is -4.05. The van der Waals surface area contributed by atoms with Crippen LogP contribution < -0.4 is 14.8 Å². The van der Waals surface area contributed by atoms with Gasteiger partial charge in [-0.3, -0.25) is 4.79 Å². The van der Waals surface area contributed by atoms with Crippen molar-refractivity contribution >= 4 is 11.9 Å². The van der Waals surface area contributed by atoms with Gasteiger partial charge >= 0.3 is 12.1 Å². The Labute approximate surface area is 199 Å². The zero-order valence-electron chi connectivity index (χ0n) is 19.5. The van der Waals surface area contributed by atoms with E-state index in [1.54, 1.807) is 25.1 Å². The van der Waals surface area contributed by atoms with Crippen LogP contribution in [0.5, 0.6) is 11.5 Å².